The number of halogens is 2. The molecule has 8 nitrogen and oxygen atoms in total. The molecule has 45 heavy (non-hydrogen) atoms. The van der Waals surface area contributed by atoms with Crippen LogP contribution in [0.15, 0.2) is 108 Å². The van der Waals surface area contributed by atoms with E-state index in [1.807, 2.05) is 44.2 Å². The van der Waals surface area contributed by atoms with E-state index < -0.39 is 28.5 Å². The largest absolute Gasteiger partial charge is 0.495 e. The van der Waals surface area contributed by atoms with E-state index >= 15 is 0 Å². The third-order valence-electron chi connectivity index (χ3n) is 6.96. The topological polar surface area (TPSA) is 96.0 Å². The van der Waals surface area contributed by atoms with Gasteiger partial charge < -0.3 is 15.0 Å². The fourth-order valence-electron chi connectivity index (χ4n) is 4.86. The lowest BCUT2D eigenvalue weighted by Crippen LogP contribution is -2.54. The van der Waals surface area contributed by atoms with Gasteiger partial charge in [-0.25, -0.2) is 8.42 Å². The molecule has 0 spiro atoms. The summed E-state index contributed by atoms with van der Waals surface area (Å²) >= 11 is 12.6. The number of amides is 2. The minimum absolute atomic E-state index is 0.00564. The van der Waals surface area contributed by atoms with Crippen molar-refractivity contribution in [3.8, 4) is 5.75 Å². The number of nitrogens with zero attached hydrogens (tertiary/aromatic N) is 2. The van der Waals surface area contributed by atoms with Crippen molar-refractivity contribution in [2.24, 2.45) is 0 Å². The molecular weight excluding hydrogens is 633 g/mol. The summed E-state index contributed by atoms with van der Waals surface area (Å²) in [5.74, 6) is -0.787. The van der Waals surface area contributed by atoms with Crippen LogP contribution in [0, 0.1) is 0 Å². The van der Waals surface area contributed by atoms with Crippen LogP contribution in [-0.2, 0) is 32.6 Å². The number of ether oxygens (including phenoxy) is 1. The van der Waals surface area contributed by atoms with Gasteiger partial charge in [-0.1, -0.05) is 83.9 Å². The van der Waals surface area contributed by atoms with Crippen LogP contribution >= 0.6 is 23.2 Å². The van der Waals surface area contributed by atoms with Crippen molar-refractivity contribution >= 4 is 50.7 Å². The normalized spacial score (nSPS) is 12.0. The highest BCUT2D eigenvalue weighted by Crippen LogP contribution is 2.35. The fourth-order valence-corrected chi connectivity index (χ4v) is 6.67. The molecule has 4 rings (SSSR count). The number of nitrogens with one attached hydrogen (secondary N) is 1. The van der Waals surface area contributed by atoms with Crippen LogP contribution in [0.2, 0.25) is 10.0 Å². The van der Waals surface area contributed by atoms with Gasteiger partial charge in [-0.05, 0) is 67.4 Å². The van der Waals surface area contributed by atoms with Crippen LogP contribution < -0.4 is 14.4 Å². The molecule has 0 heterocycles. The molecule has 0 aromatic heterocycles. The quantitative estimate of drug-likeness (QED) is 0.179. The third-order valence-corrected chi connectivity index (χ3v) is 9.21. The summed E-state index contributed by atoms with van der Waals surface area (Å²) in [6.45, 7) is 3.02. The summed E-state index contributed by atoms with van der Waals surface area (Å²) < 4.78 is 34.8. The monoisotopic (exact) mass is 667 g/mol. The molecule has 0 radical (unpaired) electrons. The molecule has 0 aliphatic rings. The van der Waals surface area contributed by atoms with Gasteiger partial charge in [0.15, 0.2) is 0 Å². The molecule has 0 unspecified atom stereocenters. The molecule has 0 saturated heterocycles. The maximum atomic E-state index is 14.5. The van der Waals surface area contributed by atoms with Crippen LogP contribution in [-0.4, -0.2) is 50.9 Å². The molecule has 4 aromatic carbocycles. The molecule has 2 amide bonds. The summed E-state index contributed by atoms with van der Waals surface area (Å²) in [4.78, 5) is 29.7. The van der Waals surface area contributed by atoms with Crippen molar-refractivity contribution in [3.63, 3.8) is 0 Å². The van der Waals surface area contributed by atoms with Gasteiger partial charge in [-0.3, -0.25) is 13.9 Å². The predicted octanol–water partition coefficient (Wildman–Crippen LogP) is 6.36. The summed E-state index contributed by atoms with van der Waals surface area (Å²) in [7, 11) is -2.91. The molecule has 0 aliphatic heterocycles. The average Bonchev–Trinajstić information content (AvgIpc) is 3.02. The number of methoxy groups -OCH3 is 1. The highest BCUT2D eigenvalue weighted by atomic mass is 35.5. The Hall–Kier alpha value is -4.05. The number of hydrogen-bond acceptors (Lipinski definition) is 5. The molecule has 0 bridgehead atoms. The van der Waals surface area contributed by atoms with Gasteiger partial charge in [0.2, 0.25) is 11.8 Å². The first-order valence-electron chi connectivity index (χ1n) is 14.3. The summed E-state index contributed by atoms with van der Waals surface area (Å²) in [6.07, 6.45) is 0.192. The van der Waals surface area contributed by atoms with E-state index in [1.54, 1.807) is 48.5 Å². The minimum atomic E-state index is -4.31. The Labute approximate surface area is 274 Å². The Morgan fingerprint density at radius 2 is 1.44 bits per heavy atom. The van der Waals surface area contributed by atoms with Crippen LogP contribution in [0.5, 0.6) is 5.75 Å². The predicted molar refractivity (Wildman–Crippen MR) is 178 cm³/mol. The van der Waals surface area contributed by atoms with E-state index in [0.717, 1.165) is 9.87 Å². The maximum absolute atomic E-state index is 14.5. The summed E-state index contributed by atoms with van der Waals surface area (Å²) in [5.41, 5.74) is 1.58. The molecule has 236 valence electrons. The van der Waals surface area contributed by atoms with Gasteiger partial charge in [0.25, 0.3) is 10.0 Å². The van der Waals surface area contributed by atoms with Crippen molar-refractivity contribution in [3.05, 3.63) is 124 Å². The van der Waals surface area contributed by atoms with E-state index in [0.29, 0.717) is 10.6 Å². The van der Waals surface area contributed by atoms with Gasteiger partial charge >= 0.3 is 0 Å². The van der Waals surface area contributed by atoms with Gasteiger partial charge in [0.1, 0.15) is 18.3 Å². The second kappa shape index (κ2) is 15.3. The number of carbonyl (C=O) groups is 2. The number of sulfonamides is 1. The number of rotatable bonds is 13. The zero-order chi connectivity index (χ0) is 32.6. The molecule has 11 heteroatoms. The van der Waals surface area contributed by atoms with Gasteiger partial charge in [-0.15, -0.1) is 0 Å². The van der Waals surface area contributed by atoms with E-state index in [2.05, 4.69) is 5.32 Å². The van der Waals surface area contributed by atoms with Crippen LogP contribution in [0.1, 0.15) is 25.0 Å². The van der Waals surface area contributed by atoms with Crippen LogP contribution in [0.25, 0.3) is 0 Å². The first kappa shape index (κ1) is 33.8. The van der Waals surface area contributed by atoms with Crippen molar-refractivity contribution in [1.29, 1.82) is 0 Å². The third kappa shape index (κ3) is 8.78. The lowest BCUT2D eigenvalue weighted by molar-refractivity contribution is -0.140. The van der Waals surface area contributed by atoms with Crippen LogP contribution in [0.3, 0.4) is 0 Å². The SMILES string of the molecule is COc1ccc(Cl)cc1N(CC(=O)N(Cc1cccc(Cl)c1)[C@H](Cc1ccccc1)C(=O)NC(C)C)S(=O)(=O)c1ccccc1. The Kier molecular flexibility index (Phi) is 11.5. The summed E-state index contributed by atoms with van der Waals surface area (Å²) in [5, 5.41) is 3.65. The van der Waals surface area contributed by atoms with Crippen molar-refractivity contribution < 1.29 is 22.7 Å². The molecule has 4 aromatic rings. The number of anilines is 1. The van der Waals surface area contributed by atoms with Crippen LogP contribution in [0.4, 0.5) is 5.69 Å². The molecule has 0 aliphatic carbocycles. The van der Waals surface area contributed by atoms with Crippen molar-refractivity contribution in [2.45, 2.75) is 43.8 Å². The lowest BCUT2D eigenvalue weighted by atomic mass is 10.0. The summed E-state index contributed by atoms with van der Waals surface area (Å²) in [6, 6.07) is 27.4. The highest BCUT2D eigenvalue weighted by Gasteiger charge is 2.35. The Morgan fingerprint density at radius 3 is 2.07 bits per heavy atom. The average molecular weight is 669 g/mol. The highest BCUT2D eigenvalue weighted by molar-refractivity contribution is 7.92. The molecule has 1 atom stereocenters. The van der Waals surface area contributed by atoms with Gasteiger partial charge in [0, 0.05) is 29.1 Å². The lowest BCUT2D eigenvalue weighted by Gasteiger charge is -2.34. The number of hydrogen-bond donors (Lipinski definition) is 1. The van der Waals surface area contributed by atoms with Gasteiger partial charge in [-0.2, -0.15) is 0 Å². The second-order valence-electron chi connectivity index (χ2n) is 10.7. The van der Waals surface area contributed by atoms with Crippen molar-refractivity contribution in [2.75, 3.05) is 18.0 Å². The second-order valence-corrected chi connectivity index (χ2v) is 13.4. The molecule has 1 N–H and O–H groups in total. The fraction of sp³-hybridized carbons (Fsp3) is 0.235. The molecular formula is C34H35Cl2N3O5S. The standard InChI is InChI=1S/C34H35Cl2N3O5S/c1-24(2)37-34(41)31(20-25-11-6-4-7-12-25)38(22-26-13-10-14-27(35)19-26)33(40)23-39(30-21-28(36)17-18-32(30)44-3)45(42,43)29-15-8-5-9-16-29/h4-19,21,24,31H,20,22-23H2,1-3H3,(H,37,41)/t31-/m1/s1. The van der Waals surface area contributed by atoms with E-state index in [9.17, 15) is 18.0 Å². The van der Waals surface area contributed by atoms with Gasteiger partial charge in [0.05, 0.1) is 17.7 Å². The Balaban J connectivity index is 1.85. The Morgan fingerprint density at radius 1 is 0.822 bits per heavy atom. The molecule has 0 saturated carbocycles. The molecule has 0 fully saturated rings. The van der Waals surface area contributed by atoms with E-state index in [1.165, 1.54) is 36.3 Å². The first-order chi connectivity index (χ1) is 21.5. The Bertz CT molecular complexity index is 1720. The zero-order valence-electron chi connectivity index (χ0n) is 25.2. The zero-order valence-corrected chi connectivity index (χ0v) is 27.5. The number of carbonyl (C=O) groups excluding carboxylic acids is 2. The van der Waals surface area contributed by atoms with E-state index in [4.69, 9.17) is 27.9 Å². The first-order valence-corrected chi connectivity index (χ1v) is 16.5. The maximum Gasteiger partial charge on any atom is 0.264 e. The minimum Gasteiger partial charge on any atom is -0.495 e. The smallest absolute Gasteiger partial charge is 0.264 e. The van der Waals surface area contributed by atoms with Crippen molar-refractivity contribution in [1.82, 2.24) is 10.2 Å². The number of benzene rings is 4. The van der Waals surface area contributed by atoms with E-state index in [-0.39, 0.29) is 46.3 Å².